The molecule has 0 aliphatic carbocycles. The van der Waals surface area contributed by atoms with Crippen LogP contribution in [0.2, 0.25) is 5.02 Å². The number of aryl methyl sites for hydroxylation is 2. The van der Waals surface area contributed by atoms with Gasteiger partial charge in [0, 0.05) is 35.9 Å². The lowest BCUT2D eigenvalue weighted by atomic mass is 10.2. The second kappa shape index (κ2) is 9.14. The van der Waals surface area contributed by atoms with Crippen molar-refractivity contribution in [3.8, 4) is 5.82 Å². The van der Waals surface area contributed by atoms with Gasteiger partial charge in [0.15, 0.2) is 5.82 Å². The van der Waals surface area contributed by atoms with Crippen LogP contribution in [0.25, 0.3) is 11.9 Å². The van der Waals surface area contributed by atoms with Gasteiger partial charge in [-0.25, -0.2) is 14.6 Å². The van der Waals surface area contributed by atoms with E-state index < -0.39 is 0 Å². The molecule has 28 heavy (non-hydrogen) atoms. The number of hydrogen-bond donors (Lipinski definition) is 2. The molecule has 0 saturated heterocycles. The normalized spacial score (nSPS) is 11.0. The van der Waals surface area contributed by atoms with Gasteiger partial charge in [0.05, 0.1) is 5.69 Å². The fraction of sp³-hybridized carbons (Fsp3) is 0.200. The van der Waals surface area contributed by atoms with Crippen LogP contribution in [0.15, 0.2) is 48.8 Å². The SMILES string of the molecule is Cc1cc(C)n(-c2cc(NCCNC(=O)/C=C/c3ccc(Cl)cc3)ncn2)n1. The minimum Gasteiger partial charge on any atom is -0.368 e. The monoisotopic (exact) mass is 396 g/mol. The van der Waals surface area contributed by atoms with Crippen LogP contribution in [0, 0.1) is 13.8 Å². The number of carbonyl (C=O) groups is 1. The van der Waals surface area contributed by atoms with Crippen LogP contribution in [0.4, 0.5) is 5.82 Å². The molecule has 3 rings (SSSR count). The number of amides is 1. The van der Waals surface area contributed by atoms with Crippen molar-refractivity contribution in [1.82, 2.24) is 25.1 Å². The highest BCUT2D eigenvalue weighted by Gasteiger charge is 2.06. The molecule has 0 unspecified atom stereocenters. The minimum absolute atomic E-state index is 0.164. The summed E-state index contributed by atoms with van der Waals surface area (Å²) in [4.78, 5) is 20.3. The lowest BCUT2D eigenvalue weighted by molar-refractivity contribution is -0.116. The number of nitrogens with one attached hydrogen (secondary N) is 2. The second-order valence-corrected chi connectivity index (χ2v) is 6.64. The van der Waals surface area contributed by atoms with Gasteiger partial charge in [-0.2, -0.15) is 5.10 Å². The van der Waals surface area contributed by atoms with Crippen LogP contribution in [0.5, 0.6) is 0 Å². The van der Waals surface area contributed by atoms with Crippen LogP contribution < -0.4 is 10.6 Å². The summed E-state index contributed by atoms with van der Waals surface area (Å²) in [5.41, 5.74) is 2.84. The maximum Gasteiger partial charge on any atom is 0.244 e. The van der Waals surface area contributed by atoms with Gasteiger partial charge in [0.1, 0.15) is 12.1 Å². The number of aromatic nitrogens is 4. The van der Waals surface area contributed by atoms with E-state index in [1.54, 1.807) is 22.9 Å². The zero-order valence-corrected chi connectivity index (χ0v) is 16.4. The van der Waals surface area contributed by atoms with Crippen molar-refractivity contribution in [2.75, 3.05) is 18.4 Å². The lowest BCUT2D eigenvalue weighted by Crippen LogP contribution is -2.27. The van der Waals surface area contributed by atoms with E-state index in [0.717, 1.165) is 17.0 Å². The van der Waals surface area contributed by atoms with Gasteiger partial charge in [-0.1, -0.05) is 23.7 Å². The fourth-order valence-electron chi connectivity index (χ4n) is 2.60. The molecule has 2 aromatic heterocycles. The molecule has 0 radical (unpaired) electrons. The van der Waals surface area contributed by atoms with Crippen LogP contribution in [-0.4, -0.2) is 38.7 Å². The molecule has 0 atom stereocenters. The molecule has 1 amide bonds. The first kappa shape index (κ1) is 19.6. The molecule has 0 aliphatic rings. The van der Waals surface area contributed by atoms with Crippen LogP contribution in [0.1, 0.15) is 17.0 Å². The first-order valence-corrected chi connectivity index (χ1v) is 9.20. The highest BCUT2D eigenvalue weighted by atomic mass is 35.5. The number of anilines is 1. The summed E-state index contributed by atoms with van der Waals surface area (Å²) >= 11 is 5.84. The first-order chi connectivity index (χ1) is 13.5. The molecule has 0 aliphatic heterocycles. The highest BCUT2D eigenvalue weighted by Crippen LogP contribution is 2.12. The van der Waals surface area contributed by atoms with Crippen molar-refractivity contribution in [3.05, 3.63) is 70.8 Å². The Hall–Kier alpha value is -3.19. The van der Waals surface area contributed by atoms with E-state index in [9.17, 15) is 4.79 Å². The van der Waals surface area contributed by atoms with Crippen LogP contribution >= 0.6 is 11.6 Å². The topological polar surface area (TPSA) is 84.7 Å². The van der Waals surface area contributed by atoms with Gasteiger partial charge < -0.3 is 10.6 Å². The highest BCUT2D eigenvalue weighted by molar-refractivity contribution is 6.30. The second-order valence-electron chi connectivity index (χ2n) is 6.20. The van der Waals surface area contributed by atoms with E-state index in [1.165, 1.54) is 12.4 Å². The molecule has 3 aromatic rings. The van der Waals surface area contributed by atoms with Crippen molar-refractivity contribution in [2.45, 2.75) is 13.8 Å². The predicted molar refractivity (Wildman–Crippen MR) is 111 cm³/mol. The number of hydrogen-bond acceptors (Lipinski definition) is 5. The summed E-state index contributed by atoms with van der Waals surface area (Å²) in [5, 5.41) is 11.1. The maximum absolute atomic E-state index is 11.9. The maximum atomic E-state index is 11.9. The fourth-order valence-corrected chi connectivity index (χ4v) is 2.73. The molecule has 2 N–H and O–H groups in total. The van der Waals surface area contributed by atoms with Crippen molar-refractivity contribution >= 4 is 29.4 Å². The standard InChI is InChI=1S/C20H21ClN6O/c1-14-11-15(2)27(26-14)19-12-18(24-13-25-19)22-9-10-23-20(28)8-5-16-3-6-17(21)7-4-16/h3-8,11-13H,9-10H2,1-2H3,(H,23,28)(H,22,24,25)/b8-5+. The third-order valence-electron chi connectivity index (χ3n) is 3.91. The average Bonchev–Trinajstić information content (AvgIpc) is 3.03. The number of nitrogens with zero attached hydrogens (tertiary/aromatic N) is 4. The van der Waals surface area contributed by atoms with Crippen molar-refractivity contribution < 1.29 is 4.79 Å². The van der Waals surface area contributed by atoms with E-state index >= 15 is 0 Å². The van der Waals surface area contributed by atoms with E-state index in [-0.39, 0.29) is 5.91 Å². The molecular weight excluding hydrogens is 376 g/mol. The third-order valence-corrected chi connectivity index (χ3v) is 4.16. The quantitative estimate of drug-likeness (QED) is 0.473. The van der Waals surface area contributed by atoms with Crippen molar-refractivity contribution in [2.24, 2.45) is 0 Å². The first-order valence-electron chi connectivity index (χ1n) is 8.82. The molecule has 1 aromatic carbocycles. The number of carbonyl (C=O) groups excluding carboxylic acids is 1. The van der Waals surface area contributed by atoms with E-state index in [1.807, 2.05) is 38.1 Å². The molecule has 0 fully saturated rings. The average molecular weight is 397 g/mol. The zero-order chi connectivity index (χ0) is 19.9. The Kier molecular flexibility index (Phi) is 6.39. The van der Waals surface area contributed by atoms with E-state index in [4.69, 9.17) is 11.6 Å². The predicted octanol–water partition coefficient (Wildman–Crippen LogP) is 3.17. The summed E-state index contributed by atoms with van der Waals surface area (Å²) in [6, 6.07) is 11.1. The lowest BCUT2D eigenvalue weighted by Gasteiger charge is -2.08. The minimum atomic E-state index is -0.164. The van der Waals surface area contributed by atoms with Crippen LogP contribution in [-0.2, 0) is 4.79 Å². The summed E-state index contributed by atoms with van der Waals surface area (Å²) in [7, 11) is 0. The molecule has 0 saturated carbocycles. The molecule has 0 spiro atoms. The van der Waals surface area contributed by atoms with Gasteiger partial charge in [-0.3, -0.25) is 4.79 Å². The molecule has 7 nitrogen and oxygen atoms in total. The Bertz CT molecular complexity index is 981. The molecule has 8 heteroatoms. The van der Waals surface area contributed by atoms with Gasteiger partial charge >= 0.3 is 0 Å². The Morgan fingerprint density at radius 1 is 1.14 bits per heavy atom. The summed E-state index contributed by atoms with van der Waals surface area (Å²) in [6.07, 6.45) is 4.72. The van der Waals surface area contributed by atoms with Gasteiger partial charge in [0.25, 0.3) is 0 Å². The number of rotatable bonds is 7. The molecular formula is C20H21ClN6O. The van der Waals surface area contributed by atoms with E-state index in [0.29, 0.717) is 29.7 Å². The zero-order valence-electron chi connectivity index (χ0n) is 15.7. The summed E-state index contributed by atoms with van der Waals surface area (Å²) in [5.74, 6) is 1.20. The smallest absolute Gasteiger partial charge is 0.244 e. The Morgan fingerprint density at radius 3 is 2.64 bits per heavy atom. The third kappa shape index (κ3) is 5.40. The summed E-state index contributed by atoms with van der Waals surface area (Å²) < 4.78 is 1.77. The van der Waals surface area contributed by atoms with Gasteiger partial charge in [-0.15, -0.1) is 0 Å². The Labute approximate surface area is 168 Å². The van der Waals surface area contributed by atoms with Crippen molar-refractivity contribution in [1.29, 1.82) is 0 Å². The van der Waals surface area contributed by atoms with Crippen molar-refractivity contribution in [3.63, 3.8) is 0 Å². The Balaban J connectivity index is 1.47. The molecule has 144 valence electrons. The number of halogens is 1. The van der Waals surface area contributed by atoms with E-state index in [2.05, 4.69) is 25.7 Å². The van der Waals surface area contributed by atoms with Gasteiger partial charge in [-0.05, 0) is 43.7 Å². The summed E-state index contributed by atoms with van der Waals surface area (Å²) in [6.45, 7) is 4.91. The number of benzene rings is 1. The van der Waals surface area contributed by atoms with Gasteiger partial charge in [0.2, 0.25) is 5.91 Å². The Morgan fingerprint density at radius 2 is 1.93 bits per heavy atom. The largest absolute Gasteiger partial charge is 0.368 e. The molecule has 2 heterocycles. The molecule has 0 bridgehead atoms. The van der Waals surface area contributed by atoms with Crippen LogP contribution in [0.3, 0.4) is 0 Å².